The molecule has 6 nitrogen and oxygen atoms in total. The van der Waals surface area contributed by atoms with E-state index in [0.717, 1.165) is 64.4 Å². The van der Waals surface area contributed by atoms with E-state index in [9.17, 15) is 4.79 Å². The summed E-state index contributed by atoms with van der Waals surface area (Å²) < 4.78 is 1.92. The Hall–Kier alpha value is -1.08. The van der Waals surface area contributed by atoms with E-state index in [1.807, 2.05) is 10.9 Å². The average molecular weight is 364 g/mol. The monoisotopic (exact) mass is 363 g/mol. The van der Waals surface area contributed by atoms with Crippen molar-refractivity contribution in [2.75, 3.05) is 37.7 Å². The molecule has 1 amide bonds. The summed E-state index contributed by atoms with van der Waals surface area (Å²) in [5.41, 5.74) is 0. The Bertz CT molecular complexity index is 544. The smallest absolute Gasteiger partial charge is 0.225 e. The van der Waals surface area contributed by atoms with Gasteiger partial charge in [-0.1, -0.05) is 5.21 Å². The number of hydrogen-bond acceptors (Lipinski definition) is 5. The minimum Gasteiger partial charge on any atom is -0.342 e. The normalized spacial score (nSPS) is 27.0. The molecule has 7 heteroatoms. The summed E-state index contributed by atoms with van der Waals surface area (Å²) in [7, 11) is 0. The van der Waals surface area contributed by atoms with Crippen LogP contribution in [-0.2, 0) is 11.3 Å². The van der Waals surface area contributed by atoms with Crippen LogP contribution in [0.1, 0.15) is 32.1 Å². The number of piperidine rings is 2. The van der Waals surface area contributed by atoms with Crippen LogP contribution in [0.3, 0.4) is 0 Å². The van der Waals surface area contributed by atoms with Gasteiger partial charge in [0.2, 0.25) is 5.91 Å². The van der Waals surface area contributed by atoms with E-state index in [-0.39, 0.29) is 5.92 Å². The maximum Gasteiger partial charge on any atom is 0.225 e. The fraction of sp³-hybridized carbons (Fsp3) is 0.833. The molecule has 25 heavy (non-hydrogen) atoms. The molecule has 0 N–H and O–H groups in total. The maximum absolute atomic E-state index is 12.9. The molecule has 0 spiro atoms. The fourth-order valence-electron chi connectivity index (χ4n) is 4.51. The average Bonchev–Trinajstić information content (AvgIpc) is 3.36. The van der Waals surface area contributed by atoms with E-state index < -0.39 is 0 Å². The van der Waals surface area contributed by atoms with Crippen molar-refractivity contribution >= 4 is 17.7 Å². The Morgan fingerprint density at radius 1 is 1.08 bits per heavy atom. The third kappa shape index (κ3) is 4.19. The molecule has 3 fully saturated rings. The van der Waals surface area contributed by atoms with E-state index in [0.29, 0.717) is 11.8 Å². The molecule has 1 unspecified atom stereocenters. The lowest BCUT2D eigenvalue weighted by Crippen LogP contribution is -2.47. The second kappa shape index (κ2) is 8.08. The van der Waals surface area contributed by atoms with Gasteiger partial charge in [-0.2, -0.15) is 11.8 Å². The molecular formula is C18H29N5OS. The standard InChI is InChI=1S/C18H29N5OS/c24-18(16-3-9-21(10-4-16)17-5-12-25-14-17)22-7-1-15(2-8-22)13-23-11-6-19-20-23/h6,11,15-17H,1-5,7-10,12-14H2. The van der Waals surface area contributed by atoms with Gasteiger partial charge in [0.1, 0.15) is 0 Å². The van der Waals surface area contributed by atoms with Crippen molar-refractivity contribution in [1.82, 2.24) is 24.8 Å². The molecule has 1 atom stereocenters. The Morgan fingerprint density at radius 2 is 1.88 bits per heavy atom. The summed E-state index contributed by atoms with van der Waals surface area (Å²) in [6.07, 6.45) is 9.28. The van der Waals surface area contributed by atoms with Crippen molar-refractivity contribution in [3.63, 3.8) is 0 Å². The summed E-state index contributed by atoms with van der Waals surface area (Å²) in [5.74, 6) is 3.90. The molecule has 1 aromatic rings. The number of nitrogens with zero attached hydrogens (tertiary/aromatic N) is 5. The van der Waals surface area contributed by atoms with Crippen molar-refractivity contribution < 1.29 is 4.79 Å². The number of likely N-dealkylation sites (tertiary alicyclic amines) is 2. The molecular weight excluding hydrogens is 334 g/mol. The molecule has 3 aliphatic heterocycles. The predicted molar refractivity (Wildman–Crippen MR) is 99.4 cm³/mol. The number of aromatic nitrogens is 3. The second-order valence-electron chi connectivity index (χ2n) is 7.72. The molecule has 3 aliphatic rings. The van der Waals surface area contributed by atoms with Crippen molar-refractivity contribution in [2.45, 2.75) is 44.7 Å². The van der Waals surface area contributed by atoms with Gasteiger partial charge in [0.25, 0.3) is 0 Å². The van der Waals surface area contributed by atoms with E-state index in [1.54, 1.807) is 6.20 Å². The first-order valence-corrected chi connectivity index (χ1v) is 10.9. The van der Waals surface area contributed by atoms with Crippen molar-refractivity contribution in [2.24, 2.45) is 11.8 Å². The van der Waals surface area contributed by atoms with Crippen LogP contribution in [-0.4, -0.2) is 74.4 Å². The molecule has 1 aromatic heterocycles. The summed E-state index contributed by atoms with van der Waals surface area (Å²) in [4.78, 5) is 17.6. The minimum absolute atomic E-state index is 0.261. The highest BCUT2D eigenvalue weighted by Crippen LogP contribution is 2.29. The van der Waals surface area contributed by atoms with Crippen LogP contribution in [0.25, 0.3) is 0 Å². The van der Waals surface area contributed by atoms with Crippen LogP contribution in [0.2, 0.25) is 0 Å². The molecule has 4 rings (SSSR count). The van der Waals surface area contributed by atoms with Crippen LogP contribution < -0.4 is 0 Å². The molecule has 0 bridgehead atoms. The van der Waals surface area contributed by atoms with Gasteiger partial charge in [-0.15, -0.1) is 5.10 Å². The zero-order valence-corrected chi connectivity index (χ0v) is 15.7. The third-order valence-corrected chi connectivity index (χ3v) is 7.29. The zero-order valence-electron chi connectivity index (χ0n) is 14.9. The molecule has 4 heterocycles. The van der Waals surface area contributed by atoms with E-state index in [1.165, 1.54) is 17.9 Å². The molecule has 0 saturated carbocycles. The molecule has 0 aromatic carbocycles. The van der Waals surface area contributed by atoms with Gasteiger partial charge in [-0.05, 0) is 56.9 Å². The number of rotatable bonds is 4. The van der Waals surface area contributed by atoms with Gasteiger partial charge >= 0.3 is 0 Å². The van der Waals surface area contributed by atoms with Gasteiger partial charge in [0.15, 0.2) is 0 Å². The molecule has 0 aliphatic carbocycles. The van der Waals surface area contributed by atoms with E-state index in [2.05, 4.69) is 31.9 Å². The van der Waals surface area contributed by atoms with Crippen LogP contribution in [0, 0.1) is 11.8 Å². The Kier molecular flexibility index (Phi) is 5.60. The first kappa shape index (κ1) is 17.3. The Balaban J connectivity index is 1.21. The van der Waals surface area contributed by atoms with Crippen LogP contribution in [0.5, 0.6) is 0 Å². The van der Waals surface area contributed by atoms with Crippen LogP contribution in [0.4, 0.5) is 0 Å². The SMILES string of the molecule is O=C(C1CCN(C2CCSC2)CC1)N1CCC(Cn2ccnn2)CC1. The van der Waals surface area contributed by atoms with Crippen molar-refractivity contribution in [3.8, 4) is 0 Å². The highest BCUT2D eigenvalue weighted by Gasteiger charge is 2.33. The van der Waals surface area contributed by atoms with Gasteiger partial charge < -0.3 is 4.90 Å². The second-order valence-corrected chi connectivity index (χ2v) is 8.87. The predicted octanol–water partition coefficient (Wildman–Crippen LogP) is 1.73. The Morgan fingerprint density at radius 3 is 2.52 bits per heavy atom. The van der Waals surface area contributed by atoms with Gasteiger partial charge in [0, 0.05) is 43.5 Å². The molecule has 0 radical (unpaired) electrons. The first-order chi connectivity index (χ1) is 12.3. The minimum atomic E-state index is 0.261. The summed E-state index contributed by atoms with van der Waals surface area (Å²) >= 11 is 2.08. The fourth-order valence-corrected chi connectivity index (χ4v) is 5.77. The van der Waals surface area contributed by atoms with Crippen LogP contribution >= 0.6 is 11.8 Å². The Labute approximate surface area is 154 Å². The lowest BCUT2D eigenvalue weighted by Gasteiger charge is -2.38. The van der Waals surface area contributed by atoms with Gasteiger partial charge in [-0.25, -0.2) is 0 Å². The third-order valence-electron chi connectivity index (χ3n) is 6.14. The number of thioether (sulfide) groups is 1. The van der Waals surface area contributed by atoms with E-state index >= 15 is 0 Å². The molecule has 138 valence electrons. The topological polar surface area (TPSA) is 54.3 Å². The van der Waals surface area contributed by atoms with Crippen molar-refractivity contribution in [1.29, 1.82) is 0 Å². The summed E-state index contributed by atoms with van der Waals surface area (Å²) in [6, 6.07) is 0.772. The quantitative estimate of drug-likeness (QED) is 0.815. The number of carbonyl (C=O) groups excluding carboxylic acids is 1. The van der Waals surface area contributed by atoms with Gasteiger partial charge in [-0.3, -0.25) is 14.4 Å². The highest BCUT2D eigenvalue weighted by atomic mass is 32.2. The first-order valence-electron chi connectivity index (χ1n) is 9.74. The van der Waals surface area contributed by atoms with E-state index in [4.69, 9.17) is 0 Å². The summed E-state index contributed by atoms with van der Waals surface area (Å²) in [6.45, 7) is 4.99. The number of hydrogen-bond donors (Lipinski definition) is 0. The number of amides is 1. The molecule has 3 saturated heterocycles. The zero-order chi connectivity index (χ0) is 17.1. The lowest BCUT2D eigenvalue weighted by molar-refractivity contribution is -0.138. The number of carbonyl (C=O) groups is 1. The van der Waals surface area contributed by atoms with Crippen LogP contribution in [0.15, 0.2) is 12.4 Å². The highest BCUT2D eigenvalue weighted by molar-refractivity contribution is 7.99. The van der Waals surface area contributed by atoms with Crippen molar-refractivity contribution in [3.05, 3.63) is 12.4 Å². The largest absolute Gasteiger partial charge is 0.342 e. The summed E-state index contributed by atoms with van der Waals surface area (Å²) in [5, 5.41) is 7.93. The maximum atomic E-state index is 12.9. The van der Waals surface area contributed by atoms with Gasteiger partial charge in [0.05, 0.1) is 6.20 Å². The lowest BCUT2D eigenvalue weighted by atomic mass is 9.91.